The Morgan fingerprint density at radius 1 is 1.14 bits per heavy atom. The second kappa shape index (κ2) is 7.23. The van der Waals surface area contributed by atoms with E-state index in [1.54, 1.807) is 0 Å². The largest absolute Gasteiger partial charge is 0.490 e. The zero-order valence-electron chi connectivity index (χ0n) is 14.5. The minimum Gasteiger partial charge on any atom is -0.490 e. The van der Waals surface area contributed by atoms with Crippen molar-refractivity contribution in [2.45, 2.75) is 58.6 Å². The molecule has 0 amide bonds. The highest BCUT2D eigenvalue weighted by Crippen LogP contribution is 2.50. The lowest BCUT2D eigenvalue weighted by Gasteiger charge is -2.42. The summed E-state index contributed by atoms with van der Waals surface area (Å²) in [7, 11) is 2.01. The molecule has 0 radical (unpaired) electrons. The van der Waals surface area contributed by atoms with E-state index in [4.69, 9.17) is 14.2 Å². The molecule has 4 nitrogen and oxygen atoms in total. The van der Waals surface area contributed by atoms with Crippen molar-refractivity contribution in [3.63, 3.8) is 0 Å². The lowest BCUT2D eigenvalue weighted by molar-refractivity contribution is 0.0200. The highest BCUT2D eigenvalue weighted by Gasteiger charge is 2.40. The molecule has 124 valence electrons. The van der Waals surface area contributed by atoms with Gasteiger partial charge in [0.1, 0.15) is 5.60 Å². The first-order valence-electron chi connectivity index (χ1n) is 8.43. The second-order valence-electron chi connectivity index (χ2n) is 5.71. The van der Waals surface area contributed by atoms with E-state index < -0.39 is 0 Å². The first-order chi connectivity index (χ1) is 10.6. The predicted molar refractivity (Wildman–Crippen MR) is 89.1 cm³/mol. The molecule has 1 heterocycles. The second-order valence-corrected chi connectivity index (χ2v) is 5.71. The van der Waals surface area contributed by atoms with Gasteiger partial charge in [-0.25, -0.2) is 0 Å². The molecule has 2 rings (SSSR count). The van der Waals surface area contributed by atoms with Gasteiger partial charge in [0.25, 0.3) is 0 Å². The molecule has 4 heteroatoms. The van der Waals surface area contributed by atoms with E-state index in [2.05, 4.69) is 25.2 Å². The third-order valence-corrected chi connectivity index (χ3v) is 4.60. The monoisotopic (exact) mass is 307 g/mol. The van der Waals surface area contributed by atoms with Crippen LogP contribution in [0.3, 0.4) is 0 Å². The number of nitrogens with one attached hydrogen (secondary N) is 1. The third kappa shape index (κ3) is 3.02. The summed E-state index contributed by atoms with van der Waals surface area (Å²) in [5.74, 6) is 2.36. The number of benzene rings is 1. The van der Waals surface area contributed by atoms with E-state index in [9.17, 15) is 0 Å². The van der Waals surface area contributed by atoms with Crippen LogP contribution < -0.4 is 19.5 Å². The van der Waals surface area contributed by atoms with Gasteiger partial charge in [-0.2, -0.15) is 0 Å². The molecule has 0 saturated heterocycles. The molecule has 0 spiro atoms. The highest BCUT2D eigenvalue weighted by molar-refractivity contribution is 5.58. The number of fused-ring (bicyclic) bond motifs is 1. The Balaban J connectivity index is 2.54. The van der Waals surface area contributed by atoms with Crippen LogP contribution in [0.1, 0.15) is 58.6 Å². The number of hydrogen-bond acceptors (Lipinski definition) is 4. The quantitative estimate of drug-likeness (QED) is 0.823. The molecule has 0 fully saturated rings. The summed E-state index contributed by atoms with van der Waals surface area (Å²) in [4.78, 5) is 0. The van der Waals surface area contributed by atoms with Crippen LogP contribution in [0.5, 0.6) is 17.2 Å². The molecule has 0 saturated carbocycles. The van der Waals surface area contributed by atoms with Gasteiger partial charge in [-0.3, -0.25) is 0 Å². The molecule has 0 bridgehead atoms. The first-order valence-corrected chi connectivity index (χ1v) is 8.43. The Bertz CT molecular complexity index is 497. The zero-order valence-corrected chi connectivity index (χ0v) is 14.5. The molecule has 0 aliphatic carbocycles. The van der Waals surface area contributed by atoms with Gasteiger partial charge in [0.2, 0.25) is 5.75 Å². The number of hydrogen-bond donors (Lipinski definition) is 1. The minimum atomic E-state index is -0.142. The molecule has 1 N–H and O–H groups in total. The fraction of sp³-hybridized carbons (Fsp3) is 0.667. The van der Waals surface area contributed by atoms with Crippen molar-refractivity contribution in [2.24, 2.45) is 0 Å². The van der Waals surface area contributed by atoms with Crippen molar-refractivity contribution < 1.29 is 14.2 Å². The van der Waals surface area contributed by atoms with Gasteiger partial charge in [0.15, 0.2) is 11.5 Å². The molecule has 0 aromatic heterocycles. The molecular formula is C18H29NO3. The normalized spacial score (nSPS) is 19.2. The summed E-state index contributed by atoms with van der Waals surface area (Å²) < 4.78 is 18.1. The zero-order chi connectivity index (χ0) is 16.2. The fourth-order valence-corrected chi connectivity index (χ4v) is 3.17. The van der Waals surface area contributed by atoms with Gasteiger partial charge >= 0.3 is 0 Å². The van der Waals surface area contributed by atoms with E-state index in [1.807, 2.05) is 27.0 Å². The standard InChI is InChI=1S/C18H29NO3/c1-6-18(7-2)12-14(19-5)13-10-11-15(20-8-3)17(21-9-4)16(13)22-18/h10-11,14,19H,6-9,12H2,1-5H3. The Hall–Kier alpha value is -1.42. The summed E-state index contributed by atoms with van der Waals surface area (Å²) in [5, 5.41) is 3.43. The van der Waals surface area contributed by atoms with E-state index in [0.717, 1.165) is 42.1 Å². The third-order valence-electron chi connectivity index (χ3n) is 4.60. The predicted octanol–water partition coefficient (Wildman–Crippen LogP) is 4.09. The average Bonchev–Trinajstić information content (AvgIpc) is 2.56. The Morgan fingerprint density at radius 3 is 2.36 bits per heavy atom. The lowest BCUT2D eigenvalue weighted by atomic mass is 9.83. The van der Waals surface area contributed by atoms with E-state index in [1.165, 1.54) is 0 Å². The van der Waals surface area contributed by atoms with Crippen molar-refractivity contribution in [3.8, 4) is 17.2 Å². The summed E-state index contributed by atoms with van der Waals surface area (Å²) in [6.07, 6.45) is 2.93. The number of ether oxygens (including phenoxy) is 3. The van der Waals surface area contributed by atoms with Crippen molar-refractivity contribution >= 4 is 0 Å². The molecule has 1 unspecified atom stereocenters. The summed E-state index contributed by atoms with van der Waals surface area (Å²) >= 11 is 0. The average molecular weight is 307 g/mol. The molecule has 1 aliphatic rings. The van der Waals surface area contributed by atoms with Crippen LogP contribution in [0.2, 0.25) is 0 Å². The fourth-order valence-electron chi connectivity index (χ4n) is 3.17. The molecule has 1 aromatic carbocycles. The SMILES string of the molecule is CCOc1ccc2c(c1OCC)OC(CC)(CC)CC2NC. The van der Waals surface area contributed by atoms with Crippen LogP contribution in [0, 0.1) is 0 Å². The molecule has 1 aliphatic heterocycles. The molecule has 1 aromatic rings. The van der Waals surface area contributed by atoms with Gasteiger partial charge in [-0.1, -0.05) is 13.8 Å². The highest BCUT2D eigenvalue weighted by atomic mass is 16.6. The minimum absolute atomic E-state index is 0.142. The van der Waals surface area contributed by atoms with Gasteiger partial charge in [-0.05, 0) is 45.9 Å². The molecule has 22 heavy (non-hydrogen) atoms. The van der Waals surface area contributed by atoms with E-state index >= 15 is 0 Å². The molecular weight excluding hydrogens is 278 g/mol. The van der Waals surface area contributed by atoms with Crippen LogP contribution in [0.4, 0.5) is 0 Å². The Morgan fingerprint density at radius 2 is 1.82 bits per heavy atom. The van der Waals surface area contributed by atoms with Crippen molar-refractivity contribution in [1.29, 1.82) is 0 Å². The van der Waals surface area contributed by atoms with Crippen molar-refractivity contribution in [2.75, 3.05) is 20.3 Å². The molecule has 1 atom stereocenters. The first kappa shape index (κ1) is 16.9. The maximum Gasteiger partial charge on any atom is 0.203 e. The van der Waals surface area contributed by atoms with Gasteiger partial charge in [-0.15, -0.1) is 0 Å². The van der Waals surface area contributed by atoms with Gasteiger partial charge in [0.05, 0.1) is 13.2 Å². The summed E-state index contributed by atoms with van der Waals surface area (Å²) in [5.41, 5.74) is 1.02. The topological polar surface area (TPSA) is 39.7 Å². The van der Waals surface area contributed by atoms with Crippen molar-refractivity contribution in [3.05, 3.63) is 17.7 Å². The maximum atomic E-state index is 6.48. The van der Waals surface area contributed by atoms with Gasteiger partial charge in [0, 0.05) is 18.0 Å². The Labute approximate surface area is 134 Å². The van der Waals surface area contributed by atoms with Crippen LogP contribution >= 0.6 is 0 Å². The van der Waals surface area contributed by atoms with Crippen LogP contribution in [-0.2, 0) is 0 Å². The van der Waals surface area contributed by atoms with Crippen molar-refractivity contribution in [1.82, 2.24) is 5.32 Å². The van der Waals surface area contributed by atoms with Gasteiger partial charge < -0.3 is 19.5 Å². The van der Waals surface area contributed by atoms with Crippen LogP contribution in [0.25, 0.3) is 0 Å². The maximum absolute atomic E-state index is 6.48. The van der Waals surface area contributed by atoms with Crippen LogP contribution in [0.15, 0.2) is 12.1 Å². The number of rotatable bonds is 7. The Kier molecular flexibility index (Phi) is 5.57. The van der Waals surface area contributed by atoms with Crippen LogP contribution in [-0.4, -0.2) is 25.9 Å². The summed E-state index contributed by atoms with van der Waals surface area (Å²) in [6.45, 7) is 9.55. The van der Waals surface area contributed by atoms with E-state index in [-0.39, 0.29) is 11.6 Å². The van der Waals surface area contributed by atoms with E-state index in [0.29, 0.717) is 13.2 Å². The lowest BCUT2D eigenvalue weighted by Crippen LogP contribution is -2.42. The smallest absolute Gasteiger partial charge is 0.203 e. The summed E-state index contributed by atoms with van der Waals surface area (Å²) in [6, 6.07) is 4.36.